The molecule has 3 heterocycles. The molecule has 0 bridgehead atoms. The molecule has 9 heteroatoms. The molecule has 0 saturated carbocycles. The van der Waals surface area contributed by atoms with Crippen LogP contribution in [-0.2, 0) is 11.2 Å². The molecule has 1 aliphatic rings. The Morgan fingerprint density at radius 3 is 2.59 bits per heavy atom. The predicted octanol–water partition coefficient (Wildman–Crippen LogP) is 3.95. The van der Waals surface area contributed by atoms with Gasteiger partial charge in [-0.15, -0.1) is 0 Å². The maximum Gasteiger partial charge on any atom is 0.260 e. The smallest absolute Gasteiger partial charge is 0.260 e. The van der Waals surface area contributed by atoms with Crippen molar-refractivity contribution in [1.82, 2.24) is 24.3 Å². The van der Waals surface area contributed by atoms with Crippen LogP contribution in [-0.4, -0.2) is 77.2 Å². The zero-order chi connectivity index (χ0) is 25.9. The molecule has 5 rings (SSSR count). The number of fused-ring (bicyclic) bond motifs is 1. The molecule has 37 heavy (non-hydrogen) atoms. The number of benzene rings is 2. The van der Waals surface area contributed by atoms with E-state index in [4.69, 9.17) is 19.4 Å². The number of piperazine rings is 1. The highest BCUT2D eigenvalue weighted by Gasteiger charge is 2.20. The highest BCUT2D eigenvalue weighted by Crippen LogP contribution is 2.28. The van der Waals surface area contributed by atoms with Crippen LogP contribution in [0.4, 0.5) is 4.39 Å². The first-order valence-corrected chi connectivity index (χ1v) is 12.4. The average Bonchev–Trinajstić information content (AvgIpc) is 3.36. The van der Waals surface area contributed by atoms with Gasteiger partial charge in [-0.25, -0.2) is 14.4 Å². The molecule has 0 N–H and O–H groups in total. The minimum absolute atomic E-state index is 0.00503. The molecule has 0 unspecified atom stereocenters. The van der Waals surface area contributed by atoms with Gasteiger partial charge in [-0.3, -0.25) is 4.79 Å². The van der Waals surface area contributed by atoms with Crippen LogP contribution in [0.15, 0.2) is 54.7 Å². The first-order valence-electron chi connectivity index (χ1n) is 12.4. The molecule has 1 aliphatic heterocycles. The molecule has 2 aromatic heterocycles. The van der Waals surface area contributed by atoms with Gasteiger partial charge in [0.2, 0.25) is 0 Å². The zero-order valence-corrected chi connectivity index (χ0v) is 21.3. The first-order chi connectivity index (χ1) is 18.0. The summed E-state index contributed by atoms with van der Waals surface area (Å²) in [5.74, 6) is 0.738. The third kappa shape index (κ3) is 5.13. The number of hydrogen-bond acceptors (Lipinski definition) is 6. The number of carbonyl (C=O) groups is 1. The van der Waals surface area contributed by atoms with Gasteiger partial charge >= 0.3 is 0 Å². The number of aromatic nitrogens is 3. The van der Waals surface area contributed by atoms with Crippen LogP contribution in [0.5, 0.6) is 11.5 Å². The van der Waals surface area contributed by atoms with Crippen molar-refractivity contribution >= 4 is 16.9 Å². The number of aryl methyl sites for hydroxylation is 1. The molecule has 1 amide bonds. The van der Waals surface area contributed by atoms with E-state index in [2.05, 4.69) is 11.9 Å². The fourth-order valence-electron chi connectivity index (χ4n) is 4.50. The molecule has 0 aliphatic carbocycles. The molecule has 8 nitrogen and oxygen atoms in total. The number of methoxy groups -OCH3 is 1. The lowest BCUT2D eigenvalue weighted by molar-refractivity contribution is -0.134. The Balaban J connectivity index is 1.42. The van der Waals surface area contributed by atoms with E-state index in [1.54, 1.807) is 12.1 Å². The van der Waals surface area contributed by atoms with Crippen molar-refractivity contribution in [2.75, 3.05) is 46.9 Å². The van der Waals surface area contributed by atoms with Gasteiger partial charge < -0.3 is 23.8 Å². The van der Waals surface area contributed by atoms with Crippen LogP contribution in [0.3, 0.4) is 0 Å². The van der Waals surface area contributed by atoms with Crippen LogP contribution in [0.1, 0.15) is 12.6 Å². The minimum atomic E-state index is -0.465. The molecular weight excluding hydrogens is 473 g/mol. The second-order valence-electron chi connectivity index (χ2n) is 9.09. The Morgan fingerprint density at radius 2 is 1.86 bits per heavy atom. The fourth-order valence-corrected chi connectivity index (χ4v) is 4.50. The molecule has 0 spiro atoms. The number of halogens is 1. The summed E-state index contributed by atoms with van der Waals surface area (Å²) in [5.41, 5.74) is 3.00. The lowest BCUT2D eigenvalue weighted by atomic mass is 10.1. The zero-order valence-electron chi connectivity index (χ0n) is 21.3. The summed E-state index contributed by atoms with van der Waals surface area (Å²) in [5, 5.41) is 0.928. The summed E-state index contributed by atoms with van der Waals surface area (Å²) in [6, 6.07) is 14.3. The Hall–Kier alpha value is -3.98. The maximum absolute atomic E-state index is 14.4. The normalized spacial score (nSPS) is 14.2. The Labute approximate surface area is 215 Å². The van der Waals surface area contributed by atoms with Gasteiger partial charge in [-0.05, 0) is 49.9 Å². The number of amides is 1. The molecule has 1 saturated heterocycles. The van der Waals surface area contributed by atoms with Crippen molar-refractivity contribution in [2.45, 2.75) is 13.3 Å². The van der Waals surface area contributed by atoms with E-state index in [9.17, 15) is 9.18 Å². The van der Waals surface area contributed by atoms with Crippen LogP contribution in [0, 0.1) is 5.82 Å². The van der Waals surface area contributed by atoms with E-state index in [-0.39, 0.29) is 18.3 Å². The van der Waals surface area contributed by atoms with Crippen LogP contribution in [0.25, 0.3) is 28.1 Å². The number of rotatable bonds is 7. The van der Waals surface area contributed by atoms with Crippen molar-refractivity contribution in [2.24, 2.45) is 0 Å². The summed E-state index contributed by atoms with van der Waals surface area (Å²) in [7, 11) is 3.49. The van der Waals surface area contributed by atoms with Crippen molar-refractivity contribution in [3.8, 4) is 28.6 Å². The van der Waals surface area contributed by atoms with E-state index in [1.807, 2.05) is 52.9 Å². The van der Waals surface area contributed by atoms with E-state index < -0.39 is 5.82 Å². The van der Waals surface area contributed by atoms with Crippen molar-refractivity contribution in [3.05, 3.63) is 66.2 Å². The molecule has 0 radical (unpaired) electrons. The Morgan fingerprint density at radius 1 is 1.05 bits per heavy atom. The fraction of sp³-hybridized carbons (Fsp3) is 0.321. The van der Waals surface area contributed by atoms with Crippen molar-refractivity contribution in [3.63, 3.8) is 0 Å². The van der Waals surface area contributed by atoms with Crippen LogP contribution in [0.2, 0.25) is 0 Å². The summed E-state index contributed by atoms with van der Waals surface area (Å²) >= 11 is 0. The van der Waals surface area contributed by atoms with E-state index in [1.165, 1.54) is 13.2 Å². The number of nitrogens with zero attached hydrogens (tertiary/aromatic N) is 5. The second-order valence-corrected chi connectivity index (χ2v) is 9.09. The van der Waals surface area contributed by atoms with Crippen molar-refractivity contribution in [1.29, 1.82) is 0 Å². The number of carbonyl (C=O) groups excluding carboxylic acids is 1. The summed E-state index contributed by atoms with van der Waals surface area (Å²) in [4.78, 5) is 26.2. The SMILES string of the molecule is CCc1nc(-c2ccc(OC)c(F)c2)nc2c1ccn2-c1cccc(OCC(=O)N2CCN(C)CC2)c1. The molecule has 0 atom stereocenters. The van der Waals surface area contributed by atoms with Gasteiger partial charge in [0.25, 0.3) is 5.91 Å². The molecule has 2 aromatic carbocycles. The van der Waals surface area contributed by atoms with Crippen LogP contribution < -0.4 is 9.47 Å². The quantitative estimate of drug-likeness (QED) is 0.380. The monoisotopic (exact) mass is 503 g/mol. The predicted molar refractivity (Wildman–Crippen MR) is 140 cm³/mol. The molecule has 1 fully saturated rings. The second kappa shape index (κ2) is 10.6. The summed E-state index contributed by atoms with van der Waals surface area (Å²) < 4.78 is 27.3. The lowest BCUT2D eigenvalue weighted by Crippen LogP contribution is -2.48. The highest BCUT2D eigenvalue weighted by molar-refractivity contribution is 5.83. The van der Waals surface area contributed by atoms with E-state index >= 15 is 0 Å². The molecular formula is C28H30FN5O3. The largest absolute Gasteiger partial charge is 0.494 e. The van der Waals surface area contributed by atoms with Gasteiger partial charge in [0.1, 0.15) is 11.4 Å². The maximum atomic E-state index is 14.4. The molecule has 4 aromatic rings. The van der Waals surface area contributed by atoms with Gasteiger partial charge in [0.05, 0.1) is 18.5 Å². The topological polar surface area (TPSA) is 72.7 Å². The minimum Gasteiger partial charge on any atom is -0.494 e. The van der Waals surface area contributed by atoms with E-state index in [0.29, 0.717) is 42.3 Å². The Bertz CT molecular complexity index is 1430. The highest BCUT2D eigenvalue weighted by atomic mass is 19.1. The third-order valence-electron chi connectivity index (χ3n) is 6.68. The number of hydrogen-bond donors (Lipinski definition) is 0. The van der Waals surface area contributed by atoms with Gasteiger partial charge in [0.15, 0.2) is 24.0 Å². The standard InChI is InChI=1S/C28H30FN5O3/c1-4-24-22-10-11-34(28(22)31-27(30-24)19-8-9-25(36-3)23(29)16-19)20-6-5-7-21(17-20)37-18-26(35)33-14-12-32(2)13-15-33/h5-11,16-17H,4,12-15,18H2,1-3H3. The van der Waals surface area contributed by atoms with Gasteiger partial charge in [0, 0.05) is 49.4 Å². The van der Waals surface area contributed by atoms with Gasteiger partial charge in [-0.1, -0.05) is 13.0 Å². The summed E-state index contributed by atoms with van der Waals surface area (Å²) in [6.45, 7) is 5.20. The third-order valence-corrected chi connectivity index (χ3v) is 6.68. The average molecular weight is 504 g/mol. The van der Waals surface area contributed by atoms with Crippen molar-refractivity contribution < 1.29 is 18.7 Å². The van der Waals surface area contributed by atoms with Crippen LogP contribution >= 0.6 is 0 Å². The number of ether oxygens (including phenoxy) is 2. The first kappa shape index (κ1) is 24.7. The Kier molecular flexibility index (Phi) is 7.05. The number of likely N-dealkylation sites (N-methyl/N-ethyl adjacent to an activating group) is 1. The van der Waals surface area contributed by atoms with Gasteiger partial charge in [-0.2, -0.15) is 0 Å². The van der Waals surface area contributed by atoms with E-state index in [0.717, 1.165) is 29.9 Å². The molecule has 192 valence electrons. The summed E-state index contributed by atoms with van der Waals surface area (Å²) in [6.07, 6.45) is 2.64. The lowest BCUT2D eigenvalue weighted by Gasteiger charge is -2.32.